The summed E-state index contributed by atoms with van der Waals surface area (Å²) in [4.78, 5) is 0. The molecule has 1 N–H and O–H groups in total. The Labute approximate surface area is 51.1 Å². The summed E-state index contributed by atoms with van der Waals surface area (Å²) >= 11 is 0. The Hall–Kier alpha value is -0.720. The number of hydrogen-bond acceptors (Lipinski definition) is 1. The average Bonchev–Trinajstić information content (AvgIpc) is 1.66. The van der Waals surface area contributed by atoms with Crippen molar-refractivity contribution in [2.45, 2.75) is 20.8 Å². The molecule has 0 saturated heterocycles. The molecule has 0 aromatic heterocycles. The third-order valence-electron chi connectivity index (χ3n) is 0.635. The van der Waals surface area contributed by atoms with E-state index < -0.39 is 0 Å². The molecule has 0 atom stereocenters. The van der Waals surface area contributed by atoms with Crippen molar-refractivity contribution in [1.29, 1.82) is 0 Å². The second kappa shape index (κ2) is 4.44. The fourth-order valence-electron chi connectivity index (χ4n) is 0.311. The Morgan fingerprint density at radius 1 is 1.38 bits per heavy atom. The highest BCUT2D eigenvalue weighted by molar-refractivity contribution is 4.94. The zero-order valence-corrected chi connectivity index (χ0v) is 5.73. The van der Waals surface area contributed by atoms with Gasteiger partial charge in [-0.2, -0.15) is 0 Å². The molecule has 46 valence electrons. The van der Waals surface area contributed by atoms with Gasteiger partial charge in [-0.05, 0) is 33.2 Å². The zero-order chi connectivity index (χ0) is 6.41. The van der Waals surface area contributed by atoms with E-state index in [0.717, 1.165) is 0 Å². The molecule has 0 aliphatic heterocycles. The minimum Gasteiger partial charge on any atom is -0.368 e. The standard InChI is InChI=1S/C7H13N/c1-4-5-8-6-7(2)3/h4-6,8H,1-3H3/b5-4-. The first-order chi connectivity index (χ1) is 3.77. The summed E-state index contributed by atoms with van der Waals surface area (Å²) in [5.74, 6) is 0. The maximum atomic E-state index is 2.99. The highest BCUT2D eigenvalue weighted by Gasteiger charge is 1.68. The van der Waals surface area contributed by atoms with E-state index in [-0.39, 0.29) is 0 Å². The van der Waals surface area contributed by atoms with Gasteiger partial charge in [-0.25, -0.2) is 0 Å². The average molecular weight is 111 g/mol. The molecular formula is C7H13N. The van der Waals surface area contributed by atoms with Crippen molar-refractivity contribution in [2.24, 2.45) is 0 Å². The highest BCUT2D eigenvalue weighted by Crippen LogP contribution is 1.82. The summed E-state index contributed by atoms with van der Waals surface area (Å²) in [6.45, 7) is 6.08. The SMILES string of the molecule is C/C=C\NC=C(C)C. The first-order valence-electron chi connectivity index (χ1n) is 2.78. The molecule has 0 bridgehead atoms. The smallest absolute Gasteiger partial charge is 0.000932 e. The predicted molar refractivity (Wildman–Crippen MR) is 37.4 cm³/mol. The van der Waals surface area contributed by atoms with E-state index in [4.69, 9.17) is 0 Å². The lowest BCUT2D eigenvalue weighted by Crippen LogP contribution is -1.91. The lowest BCUT2D eigenvalue weighted by molar-refractivity contribution is 1.14. The van der Waals surface area contributed by atoms with Crippen molar-refractivity contribution in [2.75, 3.05) is 0 Å². The van der Waals surface area contributed by atoms with E-state index in [1.54, 1.807) is 0 Å². The lowest BCUT2D eigenvalue weighted by Gasteiger charge is -1.88. The van der Waals surface area contributed by atoms with Crippen LogP contribution in [-0.2, 0) is 0 Å². The van der Waals surface area contributed by atoms with E-state index >= 15 is 0 Å². The maximum absolute atomic E-state index is 2.99. The van der Waals surface area contributed by atoms with Gasteiger partial charge in [0.1, 0.15) is 0 Å². The van der Waals surface area contributed by atoms with Crippen LogP contribution in [-0.4, -0.2) is 0 Å². The van der Waals surface area contributed by atoms with E-state index in [1.165, 1.54) is 5.57 Å². The normalized spacial score (nSPS) is 9.38. The third-order valence-corrected chi connectivity index (χ3v) is 0.635. The molecule has 0 saturated carbocycles. The largest absolute Gasteiger partial charge is 0.368 e. The van der Waals surface area contributed by atoms with Crippen LogP contribution < -0.4 is 5.32 Å². The molecule has 1 nitrogen and oxygen atoms in total. The molecule has 0 aliphatic rings. The van der Waals surface area contributed by atoms with Gasteiger partial charge in [0, 0.05) is 0 Å². The van der Waals surface area contributed by atoms with Crippen molar-refractivity contribution in [3.8, 4) is 0 Å². The first kappa shape index (κ1) is 7.28. The van der Waals surface area contributed by atoms with E-state index in [0.29, 0.717) is 0 Å². The summed E-state index contributed by atoms with van der Waals surface area (Å²) in [6, 6.07) is 0. The predicted octanol–water partition coefficient (Wildman–Crippen LogP) is 2.03. The first-order valence-corrected chi connectivity index (χ1v) is 2.78. The Kier molecular flexibility index (Phi) is 4.04. The molecule has 1 heteroatoms. The summed E-state index contributed by atoms with van der Waals surface area (Å²) in [5.41, 5.74) is 1.28. The van der Waals surface area contributed by atoms with Crippen LogP contribution in [0.15, 0.2) is 24.0 Å². The van der Waals surface area contributed by atoms with Gasteiger partial charge >= 0.3 is 0 Å². The molecule has 0 rings (SSSR count). The lowest BCUT2D eigenvalue weighted by atomic mass is 10.4. The van der Waals surface area contributed by atoms with Crippen LogP contribution in [0.4, 0.5) is 0 Å². The highest BCUT2D eigenvalue weighted by atomic mass is 14.8. The van der Waals surface area contributed by atoms with Gasteiger partial charge in [0.25, 0.3) is 0 Å². The van der Waals surface area contributed by atoms with E-state index in [9.17, 15) is 0 Å². The number of allylic oxidation sites excluding steroid dienone is 2. The molecule has 8 heavy (non-hydrogen) atoms. The maximum Gasteiger partial charge on any atom is -0.000932 e. The van der Waals surface area contributed by atoms with Crippen LogP contribution in [0.2, 0.25) is 0 Å². The molecule has 0 aliphatic carbocycles. The number of nitrogens with one attached hydrogen (secondary N) is 1. The minimum absolute atomic E-state index is 1.28. The number of rotatable bonds is 2. The van der Waals surface area contributed by atoms with E-state index in [2.05, 4.69) is 19.2 Å². The Bertz CT molecular complexity index is 97.0. The van der Waals surface area contributed by atoms with Crippen LogP contribution in [0.3, 0.4) is 0 Å². The van der Waals surface area contributed by atoms with Crippen LogP contribution in [0.25, 0.3) is 0 Å². The molecule has 0 aromatic rings. The molecular weight excluding hydrogens is 98.1 g/mol. The molecule has 0 heterocycles. The number of hydrogen-bond donors (Lipinski definition) is 1. The minimum atomic E-state index is 1.28. The van der Waals surface area contributed by atoms with Gasteiger partial charge in [-0.1, -0.05) is 11.6 Å². The van der Waals surface area contributed by atoms with Gasteiger partial charge in [-0.3, -0.25) is 0 Å². The van der Waals surface area contributed by atoms with Crippen LogP contribution in [0.1, 0.15) is 20.8 Å². The second-order valence-electron chi connectivity index (χ2n) is 1.89. The molecule has 0 fully saturated rings. The summed E-state index contributed by atoms with van der Waals surface area (Å²) in [7, 11) is 0. The van der Waals surface area contributed by atoms with Gasteiger partial charge in [-0.15, -0.1) is 0 Å². The van der Waals surface area contributed by atoms with Crippen LogP contribution >= 0.6 is 0 Å². The topological polar surface area (TPSA) is 12.0 Å². The fourth-order valence-corrected chi connectivity index (χ4v) is 0.311. The fraction of sp³-hybridized carbons (Fsp3) is 0.429. The Morgan fingerprint density at radius 2 is 2.00 bits per heavy atom. The summed E-state index contributed by atoms with van der Waals surface area (Å²) in [6.07, 6.45) is 5.81. The zero-order valence-electron chi connectivity index (χ0n) is 5.73. The molecule has 0 aromatic carbocycles. The van der Waals surface area contributed by atoms with Crippen LogP contribution in [0.5, 0.6) is 0 Å². The quantitative estimate of drug-likeness (QED) is 0.575. The van der Waals surface area contributed by atoms with Gasteiger partial charge in [0.05, 0.1) is 0 Å². The van der Waals surface area contributed by atoms with Crippen LogP contribution in [0, 0.1) is 0 Å². The van der Waals surface area contributed by atoms with Crippen molar-refractivity contribution >= 4 is 0 Å². The van der Waals surface area contributed by atoms with Crippen molar-refractivity contribution in [3.05, 3.63) is 24.0 Å². The van der Waals surface area contributed by atoms with Crippen molar-refractivity contribution in [1.82, 2.24) is 5.32 Å². The van der Waals surface area contributed by atoms with Gasteiger partial charge in [0.15, 0.2) is 0 Å². The molecule has 0 spiro atoms. The molecule has 0 amide bonds. The summed E-state index contributed by atoms with van der Waals surface area (Å²) in [5, 5.41) is 2.99. The van der Waals surface area contributed by atoms with Gasteiger partial charge < -0.3 is 5.32 Å². The third kappa shape index (κ3) is 5.28. The van der Waals surface area contributed by atoms with Crippen molar-refractivity contribution in [3.63, 3.8) is 0 Å². The Balaban J connectivity index is 3.30. The second-order valence-corrected chi connectivity index (χ2v) is 1.89. The summed E-state index contributed by atoms with van der Waals surface area (Å²) < 4.78 is 0. The van der Waals surface area contributed by atoms with E-state index in [1.807, 2.05) is 25.4 Å². The Morgan fingerprint density at radius 3 is 2.38 bits per heavy atom. The van der Waals surface area contributed by atoms with Gasteiger partial charge in [0.2, 0.25) is 0 Å². The van der Waals surface area contributed by atoms with Crippen molar-refractivity contribution < 1.29 is 0 Å². The molecule has 0 unspecified atom stereocenters. The molecule has 0 radical (unpaired) electrons. The monoisotopic (exact) mass is 111 g/mol.